The minimum absolute atomic E-state index is 0.0629. The Morgan fingerprint density at radius 2 is 1.39 bits per heavy atom. The van der Waals surface area contributed by atoms with Crippen LogP contribution in [-0.4, -0.2) is 17.1 Å². The highest BCUT2D eigenvalue weighted by molar-refractivity contribution is 6.07. The first kappa shape index (κ1) is 25.4. The second-order valence-corrected chi connectivity index (χ2v) is 9.13. The second-order valence-electron chi connectivity index (χ2n) is 9.13. The van der Waals surface area contributed by atoms with Crippen LogP contribution in [0.4, 0.5) is 17.6 Å². The number of hydrogen-bond donors (Lipinski definition) is 2. The van der Waals surface area contributed by atoms with Crippen LogP contribution < -0.4 is 5.32 Å². The lowest BCUT2D eigenvalue weighted by Gasteiger charge is -2.26. The minimum Gasteiger partial charge on any atom is -0.386 e. The van der Waals surface area contributed by atoms with Crippen LogP contribution in [0.2, 0.25) is 0 Å². The largest absolute Gasteiger partial charge is 0.416 e. The van der Waals surface area contributed by atoms with Crippen LogP contribution in [-0.2, 0) is 12.6 Å². The van der Waals surface area contributed by atoms with Crippen molar-refractivity contribution in [1.29, 1.82) is 0 Å². The third-order valence-corrected chi connectivity index (χ3v) is 6.69. The second kappa shape index (κ2) is 10.3. The first-order chi connectivity index (χ1) is 18.2. The molecule has 0 radical (unpaired) electrons. The fourth-order valence-electron chi connectivity index (χ4n) is 4.76. The van der Waals surface area contributed by atoms with Crippen LogP contribution in [0.5, 0.6) is 0 Å². The molecule has 38 heavy (non-hydrogen) atoms. The number of alkyl halides is 3. The fraction of sp³-hybridized carbons (Fsp3) is 0.129. The van der Waals surface area contributed by atoms with E-state index in [-0.39, 0.29) is 17.4 Å². The van der Waals surface area contributed by atoms with E-state index in [0.717, 1.165) is 22.9 Å². The third-order valence-electron chi connectivity index (χ3n) is 6.69. The summed E-state index contributed by atoms with van der Waals surface area (Å²) in [6.45, 7) is 0. The molecule has 2 unspecified atom stereocenters. The minimum atomic E-state index is -4.47. The summed E-state index contributed by atoms with van der Waals surface area (Å²) < 4.78 is 53.6. The Balaban J connectivity index is 1.52. The van der Waals surface area contributed by atoms with Crippen LogP contribution >= 0.6 is 0 Å². The first-order valence-electron chi connectivity index (χ1n) is 12.0. The van der Waals surface area contributed by atoms with Gasteiger partial charge >= 0.3 is 6.18 Å². The van der Waals surface area contributed by atoms with E-state index in [4.69, 9.17) is 0 Å². The van der Waals surface area contributed by atoms with Crippen molar-refractivity contribution in [3.63, 3.8) is 0 Å². The molecule has 3 nitrogen and oxygen atoms in total. The lowest BCUT2D eigenvalue weighted by atomic mass is 9.92. The number of carbonyl (C=O) groups excluding carboxylic acids is 1. The van der Waals surface area contributed by atoms with Gasteiger partial charge in [-0.3, -0.25) is 4.79 Å². The summed E-state index contributed by atoms with van der Waals surface area (Å²) in [6.07, 6.45) is -5.59. The lowest BCUT2D eigenvalue weighted by molar-refractivity contribution is -0.137. The molecule has 0 bridgehead atoms. The van der Waals surface area contributed by atoms with Gasteiger partial charge in [0.1, 0.15) is 11.9 Å². The average molecular weight is 518 g/mol. The Morgan fingerprint density at radius 3 is 2.11 bits per heavy atom. The highest BCUT2D eigenvalue weighted by atomic mass is 19.4. The number of fused-ring (bicyclic) bond motifs is 2. The van der Waals surface area contributed by atoms with Gasteiger partial charge in [0, 0.05) is 10.9 Å². The van der Waals surface area contributed by atoms with Crippen molar-refractivity contribution >= 4 is 27.5 Å². The van der Waals surface area contributed by atoms with E-state index < -0.39 is 35.6 Å². The smallest absolute Gasteiger partial charge is 0.386 e. The third kappa shape index (κ3) is 5.10. The molecule has 5 rings (SSSR count). The van der Waals surface area contributed by atoms with Gasteiger partial charge in [0.15, 0.2) is 0 Å². The maximum absolute atomic E-state index is 14.3. The van der Waals surface area contributed by atoms with Gasteiger partial charge in [0.25, 0.3) is 5.91 Å². The van der Waals surface area contributed by atoms with Crippen molar-refractivity contribution < 1.29 is 27.5 Å². The Bertz CT molecular complexity index is 1610. The van der Waals surface area contributed by atoms with Gasteiger partial charge in [-0.2, -0.15) is 13.2 Å². The molecule has 5 aromatic carbocycles. The van der Waals surface area contributed by atoms with Crippen molar-refractivity contribution in [2.75, 3.05) is 0 Å². The van der Waals surface area contributed by atoms with E-state index in [1.165, 1.54) is 24.3 Å². The average Bonchev–Trinajstić information content (AvgIpc) is 2.92. The van der Waals surface area contributed by atoms with E-state index in [1.807, 2.05) is 30.3 Å². The molecule has 1 amide bonds. The molecule has 5 aromatic rings. The molecule has 0 spiro atoms. The number of halogens is 4. The number of amides is 1. The van der Waals surface area contributed by atoms with Crippen molar-refractivity contribution in [3.8, 4) is 0 Å². The van der Waals surface area contributed by atoms with Crippen LogP contribution in [0.1, 0.15) is 33.2 Å². The Hall–Kier alpha value is -4.23. The number of carbonyl (C=O) groups is 1. The number of aliphatic hydroxyl groups is 1. The number of aliphatic hydroxyl groups excluding tert-OH is 1. The zero-order valence-corrected chi connectivity index (χ0v) is 20.0. The summed E-state index contributed by atoms with van der Waals surface area (Å²) in [5.74, 6) is -0.994. The quantitative estimate of drug-likeness (QED) is 0.234. The van der Waals surface area contributed by atoms with E-state index in [0.29, 0.717) is 16.5 Å². The zero-order valence-electron chi connectivity index (χ0n) is 20.0. The maximum atomic E-state index is 14.3. The molecular weight excluding hydrogens is 494 g/mol. The highest BCUT2D eigenvalue weighted by Gasteiger charge is 2.31. The zero-order chi connectivity index (χ0) is 26.9. The van der Waals surface area contributed by atoms with Gasteiger partial charge in [-0.1, -0.05) is 78.9 Å². The van der Waals surface area contributed by atoms with Crippen LogP contribution in [0, 0.1) is 5.82 Å². The molecule has 0 aliphatic carbocycles. The monoisotopic (exact) mass is 517 g/mol. The van der Waals surface area contributed by atoms with Crippen LogP contribution in [0.15, 0.2) is 103 Å². The normalized spacial score (nSPS) is 13.4. The fourth-order valence-corrected chi connectivity index (χ4v) is 4.76. The van der Waals surface area contributed by atoms with Crippen molar-refractivity contribution in [1.82, 2.24) is 5.32 Å². The number of benzene rings is 5. The van der Waals surface area contributed by atoms with Crippen LogP contribution in [0.3, 0.4) is 0 Å². The summed E-state index contributed by atoms with van der Waals surface area (Å²) in [5, 5.41) is 16.8. The summed E-state index contributed by atoms with van der Waals surface area (Å²) in [5.41, 5.74) is 0.523. The molecule has 192 valence electrons. The molecule has 7 heteroatoms. The van der Waals surface area contributed by atoms with Crippen LogP contribution in [0.25, 0.3) is 21.5 Å². The predicted molar refractivity (Wildman–Crippen MR) is 139 cm³/mol. The molecule has 0 fully saturated rings. The van der Waals surface area contributed by atoms with Gasteiger partial charge in [-0.05, 0) is 58.0 Å². The van der Waals surface area contributed by atoms with E-state index in [1.54, 1.807) is 36.4 Å². The van der Waals surface area contributed by atoms with Crippen molar-refractivity contribution in [2.45, 2.75) is 24.7 Å². The van der Waals surface area contributed by atoms with E-state index in [2.05, 4.69) is 5.32 Å². The van der Waals surface area contributed by atoms with Gasteiger partial charge in [0.05, 0.1) is 11.6 Å². The van der Waals surface area contributed by atoms with Gasteiger partial charge in [-0.25, -0.2) is 4.39 Å². The Morgan fingerprint density at radius 1 is 0.763 bits per heavy atom. The standard InChI is InChI=1S/C31H23F4NO2/c32-27-17-16-26(23-9-3-4-10-24(23)27)30(38)36-28(18-19-12-14-21(15-13-19)31(33,34)35)29(37)25-11-5-7-20-6-1-2-8-22(20)25/h1-17,28-29,37H,18H2,(H,36,38). The molecular formula is C31H23F4NO2. The first-order valence-corrected chi connectivity index (χ1v) is 12.0. The summed E-state index contributed by atoms with van der Waals surface area (Å²) in [6, 6.07) is 25.8. The van der Waals surface area contributed by atoms with Crippen molar-refractivity contribution in [2.24, 2.45) is 0 Å². The SMILES string of the molecule is O=C(NC(Cc1ccc(C(F)(F)F)cc1)C(O)c1cccc2ccccc12)c1ccc(F)c2ccccc12. The van der Waals surface area contributed by atoms with E-state index >= 15 is 0 Å². The Labute approximate surface area is 216 Å². The molecule has 0 saturated carbocycles. The molecule has 2 N–H and O–H groups in total. The maximum Gasteiger partial charge on any atom is 0.416 e. The molecule has 0 heterocycles. The summed E-state index contributed by atoms with van der Waals surface area (Å²) >= 11 is 0. The van der Waals surface area contributed by atoms with Gasteiger partial charge in [0.2, 0.25) is 0 Å². The van der Waals surface area contributed by atoms with Crippen molar-refractivity contribution in [3.05, 3.63) is 131 Å². The molecule has 2 atom stereocenters. The van der Waals surface area contributed by atoms with E-state index in [9.17, 15) is 27.5 Å². The predicted octanol–water partition coefficient (Wildman–Crippen LogP) is 7.23. The highest BCUT2D eigenvalue weighted by Crippen LogP contribution is 2.31. The molecule has 0 aromatic heterocycles. The molecule has 0 aliphatic heterocycles. The van der Waals surface area contributed by atoms with Gasteiger partial charge in [-0.15, -0.1) is 0 Å². The summed E-state index contributed by atoms with van der Waals surface area (Å²) in [4.78, 5) is 13.5. The number of rotatable bonds is 6. The molecule has 0 aliphatic rings. The lowest BCUT2D eigenvalue weighted by Crippen LogP contribution is -2.41. The number of nitrogens with one attached hydrogen (secondary N) is 1. The topological polar surface area (TPSA) is 49.3 Å². The molecule has 0 saturated heterocycles. The number of hydrogen-bond acceptors (Lipinski definition) is 2. The Kier molecular flexibility index (Phi) is 6.87. The summed E-state index contributed by atoms with van der Waals surface area (Å²) in [7, 11) is 0. The van der Waals surface area contributed by atoms with Gasteiger partial charge < -0.3 is 10.4 Å².